The molecule has 55 heavy (non-hydrogen) atoms. The minimum absolute atomic E-state index is 0.0443. The van der Waals surface area contributed by atoms with Crippen LogP contribution in [0.15, 0.2) is 23.5 Å². The Morgan fingerprint density at radius 2 is 1.47 bits per heavy atom. The summed E-state index contributed by atoms with van der Waals surface area (Å²) in [6.07, 6.45) is -9.81. The maximum atomic E-state index is 14.9. The lowest BCUT2D eigenvalue weighted by atomic mass is 9.38. The van der Waals surface area contributed by atoms with Crippen LogP contribution in [0, 0.1) is 45.3 Å². The Hall–Kier alpha value is -2.11. The standard InChI is InChI=1S/C41H60O14/c1-17(2)24-13-25(45)41(9,55-24)34-22(43)14-38(6)33-21(42)12-20-19(40(33,8)26(46)15-39(34,38)7)10-11-27(37(20,4)5)53-36-32(29(48)23(44)16-51-36)54-35-31(50)30(49)28(47)18(3)52-35/h12-13,17-19,22-23,27-36,43-44,47-50H,10-11,14-16H2,1-9H3/t18-,19+,22+,23+,27+,28-,29-,30+,31+,32+,33-,34-,35-,36-,38-,39+,40+,41+/m0/s1. The van der Waals surface area contributed by atoms with Crippen molar-refractivity contribution in [2.24, 2.45) is 45.3 Å². The molecule has 18 atom stereocenters. The van der Waals surface area contributed by atoms with E-state index >= 15 is 0 Å². The molecule has 6 N–H and O–H groups in total. The second-order valence-corrected chi connectivity index (χ2v) is 19.2. The van der Waals surface area contributed by atoms with Gasteiger partial charge < -0.3 is 54.3 Å². The molecule has 3 saturated carbocycles. The van der Waals surface area contributed by atoms with Crippen molar-refractivity contribution in [3.05, 3.63) is 23.5 Å². The number of rotatable bonds is 6. The van der Waals surface area contributed by atoms with E-state index in [9.17, 15) is 45.0 Å². The van der Waals surface area contributed by atoms with Crippen molar-refractivity contribution in [2.45, 2.75) is 161 Å². The number of Topliss-reactive ketones (excluding diaryl/α,β-unsaturated/α-hetero) is 1. The highest BCUT2D eigenvalue weighted by atomic mass is 16.8. The molecule has 14 nitrogen and oxygen atoms in total. The van der Waals surface area contributed by atoms with Crippen molar-refractivity contribution in [1.82, 2.24) is 0 Å². The smallest absolute Gasteiger partial charge is 0.202 e. The molecule has 0 aromatic rings. The number of hydrogen-bond acceptors (Lipinski definition) is 14. The molecule has 0 spiro atoms. The van der Waals surface area contributed by atoms with Gasteiger partial charge >= 0.3 is 0 Å². The van der Waals surface area contributed by atoms with Gasteiger partial charge in [-0.15, -0.1) is 0 Å². The van der Waals surface area contributed by atoms with Crippen molar-refractivity contribution in [1.29, 1.82) is 0 Å². The van der Waals surface area contributed by atoms with Gasteiger partial charge in [0.2, 0.25) is 5.78 Å². The largest absolute Gasteiger partial charge is 0.483 e. The number of carbonyl (C=O) groups excluding carboxylic acids is 3. The molecule has 0 amide bonds. The Kier molecular flexibility index (Phi) is 10.1. The van der Waals surface area contributed by atoms with Crippen LogP contribution in [-0.2, 0) is 38.1 Å². The van der Waals surface area contributed by atoms with E-state index in [1.165, 1.54) is 13.0 Å². The molecule has 14 heteroatoms. The average molecular weight is 777 g/mol. The Bertz CT molecular complexity index is 1660. The summed E-state index contributed by atoms with van der Waals surface area (Å²) in [5.74, 6) is -1.87. The molecule has 308 valence electrons. The Morgan fingerprint density at radius 1 is 0.800 bits per heavy atom. The van der Waals surface area contributed by atoms with E-state index in [-0.39, 0.29) is 48.6 Å². The first kappa shape index (κ1) is 41.1. The van der Waals surface area contributed by atoms with Crippen LogP contribution in [0.5, 0.6) is 0 Å². The predicted molar refractivity (Wildman–Crippen MR) is 192 cm³/mol. The molecule has 3 aliphatic heterocycles. The molecule has 0 unspecified atom stereocenters. The van der Waals surface area contributed by atoms with Crippen LogP contribution < -0.4 is 0 Å². The average Bonchev–Trinajstić information content (AvgIpc) is 3.51. The highest BCUT2D eigenvalue weighted by molar-refractivity contribution is 6.03. The summed E-state index contributed by atoms with van der Waals surface area (Å²) in [5.41, 5.74) is -4.38. The van der Waals surface area contributed by atoms with Gasteiger partial charge in [-0.05, 0) is 55.9 Å². The van der Waals surface area contributed by atoms with Crippen LogP contribution in [-0.4, -0.2) is 128 Å². The second-order valence-electron chi connectivity index (χ2n) is 19.2. The van der Waals surface area contributed by atoms with Gasteiger partial charge in [-0.25, -0.2) is 0 Å². The van der Waals surface area contributed by atoms with E-state index in [1.807, 2.05) is 48.5 Å². The third-order valence-electron chi connectivity index (χ3n) is 15.4. The number of hydrogen-bond donors (Lipinski definition) is 6. The Balaban J connectivity index is 1.17. The van der Waals surface area contributed by atoms with E-state index < -0.39 is 107 Å². The lowest BCUT2D eigenvalue weighted by Gasteiger charge is -2.64. The fraction of sp³-hybridized carbons (Fsp3) is 0.829. The van der Waals surface area contributed by atoms with Gasteiger partial charge in [-0.1, -0.05) is 54.0 Å². The zero-order valence-electron chi connectivity index (χ0n) is 33.3. The molecule has 3 heterocycles. The molecule has 7 aliphatic rings. The molecule has 0 bridgehead atoms. The summed E-state index contributed by atoms with van der Waals surface area (Å²) < 4.78 is 30.3. The lowest BCUT2D eigenvalue weighted by Crippen LogP contribution is -2.67. The van der Waals surface area contributed by atoms with Gasteiger partial charge in [0.1, 0.15) is 48.2 Å². The first-order valence-corrected chi connectivity index (χ1v) is 19.9. The fourth-order valence-corrected chi connectivity index (χ4v) is 12.1. The third kappa shape index (κ3) is 5.75. The van der Waals surface area contributed by atoms with Crippen LogP contribution in [0.2, 0.25) is 0 Å². The summed E-state index contributed by atoms with van der Waals surface area (Å²) in [6.45, 7) is 16.5. The first-order valence-electron chi connectivity index (χ1n) is 19.9. The molecular formula is C41H60O14. The highest BCUT2D eigenvalue weighted by Crippen LogP contribution is 2.74. The SMILES string of the molecule is CC(C)C1=CC(=O)[C@](C)([C@H]2[C@H](O)C[C@@]3(C)[C@@H]4C(=O)C=C5[C@@H](CC[C@@H](O[C@@H]6OC[C@@H](O)[C@H](O)[C@H]6O[C@@H]6O[C@@H](C)[C@H](O)[C@@H](O)[C@H]6O)C5(C)C)[C@]4(C)C(=O)C[C@]23C)O1. The van der Waals surface area contributed by atoms with Crippen LogP contribution >= 0.6 is 0 Å². The summed E-state index contributed by atoms with van der Waals surface area (Å²) in [5, 5.41) is 64.6. The van der Waals surface area contributed by atoms with Gasteiger partial charge in [0.15, 0.2) is 24.0 Å². The van der Waals surface area contributed by atoms with Crippen LogP contribution in [0.25, 0.3) is 0 Å². The van der Waals surface area contributed by atoms with Crippen molar-refractivity contribution < 1.29 is 68.7 Å². The number of allylic oxidation sites excluding steroid dienone is 2. The van der Waals surface area contributed by atoms with E-state index in [0.29, 0.717) is 18.6 Å². The number of aliphatic hydroxyl groups is 6. The van der Waals surface area contributed by atoms with Gasteiger partial charge in [0, 0.05) is 41.1 Å². The van der Waals surface area contributed by atoms with Crippen molar-refractivity contribution in [3.63, 3.8) is 0 Å². The van der Waals surface area contributed by atoms with Crippen molar-refractivity contribution >= 4 is 17.3 Å². The van der Waals surface area contributed by atoms with Crippen molar-refractivity contribution in [3.8, 4) is 0 Å². The number of carbonyl (C=O) groups is 3. The maximum absolute atomic E-state index is 14.9. The topological polar surface area (TPSA) is 219 Å². The van der Waals surface area contributed by atoms with E-state index in [1.54, 1.807) is 13.0 Å². The van der Waals surface area contributed by atoms with Crippen molar-refractivity contribution in [2.75, 3.05) is 6.61 Å². The molecule has 0 radical (unpaired) electrons. The third-order valence-corrected chi connectivity index (χ3v) is 15.4. The molecule has 5 fully saturated rings. The minimum Gasteiger partial charge on any atom is -0.483 e. The van der Waals surface area contributed by atoms with Crippen LogP contribution in [0.4, 0.5) is 0 Å². The fourth-order valence-electron chi connectivity index (χ4n) is 12.1. The molecule has 0 aromatic heterocycles. The minimum atomic E-state index is -1.67. The van der Waals surface area contributed by atoms with Crippen LogP contribution in [0.1, 0.15) is 88.0 Å². The lowest BCUT2D eigenvalue weighted by molar-refractivity contribution is -0.360. The quantitative estimate of drug-likeness (QED) is 0.225. The molecule has 0 aromatic carbocycles. The van der Waals surface area contributed by atoms with E-state index in [2.05, 4.69) is 0 Å². The molecule has 4 aliphatic carbocycles. The molecular weight excluding hydrogens is 716 g/mol. The Labute approximate surface area is 322 Å². The van der Waals surface area contributed by atoms with E-state index in [4.69, 9.17) is 23.7 Å². The van der Waals surface area contributed by atoms with Gasteiger partial charge in [-0.2, -0.15) is 0 Å². The normalized spacial score (nSPS) is 52.3. The zero-order valence-corrected chi connectivity index (χ0v) is 33.3. The monoisotopic (exact) mass is 776 g/mol. The van der Waals surface area contributed by atoms with Gasteiger partial charge in [-0.3, -0.25) is 14.4 Å². The predicted octanol–water partition coefficient (Wildman–Crippen LogP) is 1.49. The molecule has 2 saturated heterocycles. The molecule has 7 rings (SSSR count). The number of ketones is 3. The first-order chi connectivity index (χ1) is 25.4. The highest BCUT2D eigenvalue weighted by Gasteiger charge is 2.77. The Morgan fingerprint density at radius 3 is 2.11 bits per heavy atom. The summed E-state index contributed by atoms with van der Waals surface area (Å²) >= 11 is 0. The number of ether oxygens (including phenoxy) is 5. The number of aliphatic hydroxyl groups excluding tert-OH is 6. The van der Waals surface area contributed by atoms with E-state index in [0.717, 1.165) is 5.57 Å². The summed E-state index contributed by atoms with van der Waals surface area (Å²) in [7, 11) is 0. The maximum Gasteiger partial charge on any atom is 0.202 e. The summed E-state index contributed by atoms with van der Waals surface area (Å²) in [6, 6.07) is 0. The second kappa shape index (κ2) is 13.5. The summed E-state index contributed by atoms with van der Waals surface area (Å²) in [4.78, 5) is 43.3. The zero-order chi connectivity index (χ0) is 40.5. The van der Waals surface area contributed by atoms with Gasteiger partial charge in [0.25, 0.3) is 0 Å². The van der Waals surface area contributed by atoms with Crippen LogP contribution in [0.3, 0.4) is 0 Å². The number of fused-ring (bicyclic) bond motifs is 5. The van der Waals surface area contributed by atoms with Gasteiger partial charge in [0.05, 0.1) is 24.9 Å².